The monoisotopic (exact) mass is 362 g/mol. The van der Waals surface area contributed by atoms with Crippen molar-refractivity contribution in [2.45, 2.75) is 6.54 Å². The van der Waals surface area contributed by atoms with Crippen LogP contribution in [0.5, 0.6) is 5.75 Å². The zero-order chi connectivity index (χ0) is 18.6. The van der Waals surface area contributed by atoms with E-state index >= 15 is 0 Å². The summed E-state index contributed by atoms with van der Waals surface area (Å²) in [6, 6.07) is 11.9. The number of nitrogens with one attached hydrogen (secondary N) is 1. The number of likely N-dealkylation sites (N-methyl/N-ethyl adjacent to an activating group) is 1. The van der Waals surface area contributed by atoms with Crippen molar-refractivity contribution in [3.63, 3.8) is 0 Å². The number of benzene rings is 1. The van der Waals surface area contributed by atoms with Gasteiger partial charge in [-0.2, -0.15) is 5.10 Å². The van der Waals surface area contributed by atoms with Crippen LogP contribution in [0.3, 0.4) is 0 Å². The molecular weight excluding hydrogens is 340 g/mol. The highest BCUT2D eigenvalue weighted by Crippen LogP contribution is 2.24. The number of pyridine rings is 1. The average Bonchev–Trinajstić information content (AvgIpc) is 3.25. The van der Waals surface area contributed by atoms with Crippen LogP contribution in [-0.4, -0.2) is 56.9 Å². The lowest BCUT2D eigenvalue weighted by Crippen LogP contribution is -2.19. The number of rotatable bonds is 7. The fourth-order valence-corrected chi connectivity index (χ4v) is 2.84. The molecule has 0 unspecified atom stereocenters. The Labute approximate surface area is 157 Å². The molecule has 0 fully saturated rings. The summed E-state index contributed by atoms with van der Waals surface area (Å²) in [6.45, 7) is 2.18. The maximum atomic E-state index is 5.83. The second-order valence-electron chi connectivity index (χ2n) is 6.66. The Kier molecular flexibility index (Phi) is 4.84. The first-order chi connectivity index (χ1) is 13.2. The molecule has 0 radical (unpaired) electrons. The maximum Gasteiger partial charge on any atom is 0.177 e. The summed E-state index contributed by atoms with van der Waals surface area (Å²) >= 11 is 0. The second-order valence-corrected chi connectivity index (χ2v) is 6.66. The third-order valence-corrected chi connectivity index (χ3v) is 4.28. The van der Waals surface area contributed by atoms with Gasteiger partial charge in [0.2, 0.25) is 0 Å². The number of fused-ring (bicyclic) bond motifs is 1. The van der Waals surface area contributed by atoms with Crippen LogP contribution in [0.2, 0.25) is 0 Å². The fraction of sp³-hybridized carbons (Fsp3) is 0.250. The first-order valence-corrected chi connectivity index (χ1v) is 8.87. The average molecular weight is 362 g/mol. The number of imidazole rings is 1. The van der Waals surface area contributed by atoms with Crippen LogP contribution < -0.4 is 4.74 Å². The molecule has 1 aromatic carbocycles. The molecule has 0 aliphatic rings. The molecule has 0 aliphatic carbocycles. The highest BCUT2D eigenvalue weighted by atomic mass is 16.5. The number of aromatic nitrogens is 5. The van der Waals surface area contributed by atoms with Crippen molar-refractivity contribution in [2.75, 3.05) is 27.2 Å². The van der Waals surface area contributed by atoms with Crippen LogP contribution in [0.15, 0.2) is 55.0 Å². The third kappa shape index (κ3) is 3.98. The van der Waals surface area contributed by atoms with E-state index in [9.17, 15) is 0 Å². The Morgan fingerprint density at radius 3 is 2.81 bits per heavy atom. The maximum absolute atomic E-state index is 5.83. The normalized spacial score (nSPS) is 11.4. The van der Waals surface area contributed by atoms with Gasteiger partial charge in [-0.25, -0.2) is 9.67 Å². The van der Waals surface area contributed by atoms with E-state index in [2.05, 4.69) is 20.0 Å². The Balaban J connectivity index is 1.56. The molecule has 0 bridgehead atoms. The minimum absolute atomic E-state index is 0.650. The van der Waals surface area contributed by atoms with Gasteiger partial charge in [-0.15, -0.1) is 0 Å². The van der Waals surface area contributed by atoms with Crippen molar-refractivity contribution in [1.29, 1.82) is 0 Å². The van der Waals surface area contributed by atoms with Gasteiger partial charge >= 0.3 is 0 Å². The summed E-state index contributed by atoms with van der Waals surface area (Å²) < 4.78 is 7.72. The number of hydrogen-bond acceptors (Lipinski definition) is 5. The lowest BCUT2D eigenvalue weighted by molar-refractivity contribution is 0.261. The molecule has 0 amide bonds. The Hall–Kier alpha value is -3.19. The van der Waals surface area contributed by atoms with Crippen LogP contribution in [0.25, 0.3) is 22.6 Å². The summed E-state index contributed by atoms with van der Waals surface area (Å²) in [6.07, 6.45) is 5.38. The molecule has 27 heavy (non-hydrogen) atoms. The van der Waals surface area contributed by atoms with Gasteiger partial charge in [-0.1, -0.05) is 12.1 Å². The van der Waals surface area contributed by atoms with Gasteiger partial charge < -0.3 is 14.6 Å². The van der Waals surface area contributed by atoms with Gasteiger partial charge in [0, 0.05) is 24.5 Å². The molecule has 4 rings (SSSR count). The van der Waals surface area contributed by atoms with Crippen molar-refractivity contribution < 1.29 is 4.74 Å². The number of ether oxygens (including phenoxy) is 1. The van der Waals surface area contributed by atoms with Gasteiger partial charge in [-0.3, -0.25) is 4.98 Å². The first-order valence-electron chi connectivity index (χ1n) is 8.87. The predicted molar refractivity (Wildman–Crippen MR) is 105 cm³/mol. The van der Waals surface area contributed by atoms with E-state index in [1.807, 2.05) is 61.4 Å². The molecule has 0 atom stereocenters. The van der Waals surface area contributed by atoms with Crippen LogP contribution in [0.4, 0.5) is 0 Å². The predicted octanol–water partition coefficient (Wildman–Crippen LogP) is 2.81. The standard InChI is InChI=1S/C20H22N6O/c1-25(2)10-11-27-17-5-3-4-16(12-17)19-23-18-13-22-26(20(18)24-19)14-15-6-8-21-9-7-15/h3-9,12-13H,10-11,14H2,1-2H3,(H,23,24). The van der Waals surface area contributed by atoms with Crippen molar-refractivity contribution in [2.24, 2.45) is 0 Å². The Bertz CT molecular complexity index is 1020. The van der Waals surface area contributed by atoms with Crippen molar-refractivity contribution in [3.05, 3.63) is 60.6 Å². The van der Waals surface area contributed by atoms with Gasteiger partial charge in [0.05, 0.1) is 12.7 Å². The molecular formula is C20H22N6O. The van der Waals surface area contributed by atoms with Crippen molar-refractivity contribution in [3.8, 4) is 17.1 Å². The topological polar surface area (TPSA) is 71.9 Å². The van der Waals surface area contributed by atoms with Crippen LogP contribution in [0.1, 0.15) is 5.56 Å². The number of nitrogens with zero attached hydrogens (tertiary/aromatic N) is 5. The van der Waals surface area contributed by atoms with E-state index in [0.29, 0.717) is 13.2 Å². The van der Waals surface area contributed by atoms with E-state index < -0.39 is 0 Å². The molecule has 0 spiro atoms. The van der Waals surface area contributed by atoms with Gasteiger partial charge in [0.25, 0.3) is 0 Å². The smallest absolute Gasteiger partial charge is 0.177 e. The highest BCUT2D eigenvalue weighted by molar-refractivity contribution is 5.76. The zero-order valence-corrected chi connectivity index (χ0v) is 15.5. The third-order valence-electron chi connectivity index (χ3n) is 4.28. The second kappa shape index (κ2) is 7.59. The number of aromatic amines is 1. The van der Waals surface area contributed by atoms with E-state index in [1.54, 1.807) is 12.4 Å². The molecule has 138 valence electrons. The van der Waals surface area contributed by atoms with Crippen molar-refractivity contribution in [1.82, 2.24) is 29.6 Å². The lowest BCUT2D eigenvalue weighted by atomic mass is 10.2. The van der Waals surface area contributed by atoms with Gasteiger partial charge in [0.15, 0.2) is 5.65 Å². The molecule has 3 heterocycles. The molecule has 0 aliphatic heterocycles. The number of H-pyrrole nitrogens is 1. The summed E-state index contributed by atoms with van der Waals surface area (Å²) in [5.74, 6) is 1.65. The molecule has 3 aromatic heterocycles. The molecule has 7 nitrogen and oxygen atoms in total. The summed E-state index contributed by atoms with van der Waals surface area (Å²) in [5, 5.41) is 4.43. The van der Waals surface area contributed by atoms with Gasteiger partial charge in [0.1, 0.15) is 23.7 Å². The fourth-order valence-electron chi connectivity index (χ4n) is 2.84. The highest BCUT2D eigenvalue weighted by Gasteiger charge is 2.11. The summed E-state index contributed by atoms with van der Waals surface area (Å²) in [5.41, 5.74) is 3.87. The summed E-state index contributed by atoms with van der Waals surface area (Å²) in [4.78, 5) is 14.3. The van der Waals surface area contributed by atoms with Crippen LogP contribution >= 0.6 is 0 Å². The van der Waals surface area contributed by atoms with E-state index in [1.165, 1.54) is 0 Å². The molecule has 1 N–H and O–H groups in total. The lowest BCUT2D eigenvalue weighted by Gasteiger charge is -2.11. The SMILES string of the molecule is CN(C)CCOc1cccc(-c2nc3c(cnn3Cc3ccncc3)[nH]2)c1. The van der Waals surface area contributed by atoms with E-state index in [0.717, 1.165) is 40.4 Å². The zero-order valence-electron chi connectivity index (χ0n) is 15.5. The quantitative estimate of drug-likeness (QED) is 0.547. The largest absolute Gasteiger partial charge is 0.492 e. The van der Waals surface area contributed by atoms with Crippen LogP contribution in [-0.2, 0) is 6.54 Å². The summed E-state index contributed by atoms with van der Waals surface area (Å²) in [7, 11) is 4.06. The number of hydrogen-bond donors (Lipinski definition) is 1. The Morgan fingerprint density at radius 1 is 1.15 bits per heavy atom. The van der Waals surface area contributed by atoms with Gasteiger partial charge in [-0.05, 0) is 43.9 Å². The minimum Gasteiger partial charge on any atom is -0.492 e. The van der Waals surface area contributed by atoms with E-state index in [-0.39, 0.29) is 0 Å². The first kappa shape index (κ1) is 17.2. The molecule has 0 saturated heterocycles. The molecule has 7 heteroatoms. The Morgan fingerprint density at radius 2 is 2.00 bits per heavy atom. The van der Waals surface area contributed by atoms with E-state index in [4.69, 9.17) is 9.72 Å². The minimum atomic E-state index is 0.650. The van der Waals surface area contributed by atoms with Crippen molar-refractivity contribution >= 4 is 11.2 Å². The molecule has 4 aromatic rings. The van der Waals surface area contributed by atoms with Crippen LogP contribution in [0, 0.1) is 0 Å². The molecule has 0 saturated carbocycles.